The van der Waals surface area contributed by atoms with Crippen molar-refractivity contribution in [1.82, 2.24) is 0 Å². The molecule has 2 bridgehead atoms. The average Bonchev–Trinajstić information content (AvgIpc) is 3.01. The van der Waals surface area contributed by atoms with E-state index in [2.05, 4.69) is 17.5 Å². The highest BCUT2D eigenvalue weighted by Gasteiger charge is 2.39. The lowest BCUT2D eigenvalue weighted by Gasteiger charge is -2.17. The van der Waals surface area contributed by atoms with E-state index in [9.17, 15) is 4.79 Å². The van der Waals surface area contributed by atoms with E-state index in [1.54, 1.807) is 7.11 Å². The van der Waals surface area contributed by atoms with Gasteiger partial charge in [-0.15, -0.1) is 0 Å². The fourth-order valence-electron chi connectivity index (χ4n) is 3.02. The molecule has 3 nitrogen and oxygen atoms in total. The lowest BCUT2D eigenvalue weighted by molar-refractivity contribution is -0.120. The number of anilines is 1. The van der Waals surface area contributed by atoms with Crippen LogP contribution in [0.1, 0.15) is 12.8 Å². The minimum absolute atomic E-state index is 0.139. The maximum atomic E-state index is 12.2. The molecular weight excluding hydrogens is 226 g/mol. The Balaban J connectivity index is 1.69. The number of allylic oxidation sites excluding steroid dienone is 2. The zero-order valence-electron chi connectivity index (χ0n) is 10.4. The summed E-state index contributed by atoms with van der Waals surface area (Å²) in [5.41, 5.74) is 0.811. The van der Waals surface area contributed by atoms with Gasteiger partial charge < -0.3 is 10.1 Å². The van der Waals surface area contributed by atoms with E-state index in [0.717, 1.165) is 24.3 Å². The molecule has 18 heavy (non-hydrogen) atoms. The van der Waals surface area contributed by atoms with Crippen molar-refractivity contribution in [2.45, 2.75) is 12.8 Å². The molecule has 0 aromatic heterocycles. The average molecular weight is 243 g/mol. The highest BCUT2D eigenvalue weighted by atomic mass is 16.5. The van der Waals surface area contributed by atoms with E-state index in [-0.39, 0.29) is 11.8 Å². The molecule has 1 aromatic rings. The standard InChI is InChI=1S/C15H17NO2/c1-18-13-4-2-3-12(9-13)16-15(17)14-8-10-5-6-11(14)7-10/h2-6,9-11,14H,7-8H2,1H3,(H,16,17). The number of amides is 1. The predicted molar refractivity (Wildman–Crippen MR) is 70.5 cm³/mol. The Morgan fingerprint density at radius 2 is 2.22 bits per heavy atom. The van der Waals surface area contributed by atoms with Crippen LogP contribution in [0.15, 0.2) is 36.4 Å². The fourth-order valence-corrected chi connectivity index (χ4v) is 3.02. The molecule has 3 unspecified atom stereocenters. The second kappa shape index (κ2) is 4.48. The van der Waals surface area contributed by atoms with Crippen molar-refractivity contribution in [2.75, 3.05) is 12.4 Å². The van der Waals surface area contributed by atoms with Crippen LogP contribution < -0.4 is 10.1 Å². The van der Waals surface area contributed by atoms with Gasteiger partial charge in [0.2, 0.25) is 5.91 Å². The SMILES string of the molecule is COc1cccc(NC(=O)C2CC3C=CC2C3)c1. The van der Waals surface area contributed by atoms with E-state index in [1.807, 2.05) is 24.3 Å². The lowest BCUT2D eigenvalue weighted by Crippen LogP contribution is -2.25. The van der Waals surface area contributed by atoms with E-state index in [1.165, 1.54) is 0 Å². The number of rotatable bonds is 3. The van der Waals surface area contributed by atoms with Crippen LogP contribution >= 0.6 is 0 Å². The van der Waals surface area contributed by atoms with Crippen molar-refractivity contribution < 1.29 is 9.53 Å². The molecule has 0 aliphatic heterocycles. The molecule has 1 N–H and O–H groups in total. The largest absolute Gasteiger partial charge is 0.497 e. The van der Waals surface area contributed by atoms with Gasteiger partial charge >= 0.3 is 0 Å². The van der Waals surface area contributed by atoms with Gasteiger partial charge in [0.05, 0.1) is 7.11 Å². The quantitative estimate of drug-likeness (QED) is 0.829. The van der Waals surface area contributed by atoms with Gasteiger partial charge in [0.1, 0.15) is 5.75 Å². The maximum absolute atomic E-state index is 12.2. The normalized spacial score (nSPS) is 28.4. The van der Waals surface area contributed by atoms with Crippen molar-refractivity contribution in [1.29, 1.82) is 0 Å². The van der Waals surface area contributed by atoms with Crippen LogP contribution in [-0.2, 0) is 4.79 Å². The number of carbonyl (C=O) groups excluding carboxylic acids is 1. The monoisotopic (exact) mass is 243 g/mol. The van der Waals surface area contributed by atoms with Crippen molar-refractivity contribution in [3.63, 3.8) is 0 Å². The molecule has 0 saturated heterocycles. The summed E-state index contributed by atoms with van der Waals surface area (Å²) in [6.45, 7) is 0. The van der Waals surface area contributed by atoms with Crippen LogP contribution in [0, 0.1) is 17.8 Å². The van der Waals surface area contributed by atoms with Gasteiger partial charge in [0, 0.05) is 17.7 Å². The molecule has 1 aromatic carbocycles. The Morgan fingerprint density at radius 1 is 1.33 bits per heavy atom. The molecule has 94 valence electrons. The Bertz CT molecular complexity index is 495. The molecule has 2 aliphatic rings. The number of hydrogen-bond donors (Lipinski definition) is 1. The molecule has 3 heteroatoms. The Morgan fingerprint density at radius 3 is 2.89 bits per heavy atom. The maximum Gasteiger partial charge on any atom is 0.228 e. The summed E-state index contributed by atoms with van der Waals surface area (Å²) >= 11 is 0. The molecule has 3 atom stereocenters. The summed E-state index contributed by atoms with van der Waals surface area (Å²) in [5.74, 6) is 2.11. The first kappa shape index (κ1) is 11.3. The summed E-state index contributed by atoms with van der Waals surface area (Å²) in [6.07, 6.45) is 6.59. The highest BCUT2D eigenvalue weighted by Crippen LogP contribution is 2.43. The van der Waals surface area contributed by atoms with Crippen LogP contribution in [-0.4, -0.2) is 13.0 Å². The molecule has 1 amide bonds. The van der Waals surface area contributed by atoms with Crippen LogP contribution in [0.5, 0.6) is 5.75 Å². The molecule has 2 aliphatic carbocycles. The minimum atomic E-state index is 0.139. The number of methoxy groups -OCH3 is 1. The zero-order valence-corrected chi connectivity index (χ0v) is 10.4. The summed E-state index contributed by atoms with van der Waals surface area (Å²) in [5, 5.41) is 2.99. The summed E-state index contributed by atoms with van der Waals surface area (Å²) in [7, 11) is 1.63. The molecule has 1 fully saturated rings. The van der Waals surface area contributed by atoms with E-state index in [4.69, 9.17) is 4.74 Å². The van der Waals surface area contributed by atoms with Crippen LogP contribution in [0.2, 0.25) is 0 Å². The van der Waals surface area contributed by atoms with Gasteiger partial charge in [-0.1, -0.05) is 18.2 Å². The first-order chi connectivity index (χ1) is 8.76. The third-order valence-electron chi connectivity index (χ3n) is 3.95. The molecular formula is C15H17NO2. The fraction of sp³-hybridized carbons (Fsp3) is 0.400. The van der Waals surface area contributed by atoms with Gasteiger partial charge in [-0.05, 0) is 36.8 Å². The zero-order chi connectivity index (χ0) is 12.5. The Labute approximate surface area is 107 Å². The third-order valence-corrected chi connectivity index (χ3v) is 3.95. The van der Waals surface area contributed by atoms with Gasteiger partial charge in [-0.25, -0.2) is 0 Å². The number of ether oxygens (including phenoxy) is 1. The summed E-state index contributed by atoms with van der Waals surface area (Å²) in [6, 6.07) is 7.50. The molecule has 0 radical (unpaired) electrons. The number of carbonyl (C=O) groups is 1. The lowest BCUT2D eigenvalue weighted by atomic mass is 9.93. The van der Waals surface area contributed by atoms with Crippen LogP contribution in [0.4, 0.5) is 5.69 Å². The summed E-state index contributed by atoms with van der Waals surface area (Å²) < 4.78 is 5.15. The number of nitrogens with one attached hydrogen (secondary N) is 1. The Kier molecular flexibility index (Phi) is 2.82. The van der Waals surface area contributed by atoms with Gasteiger partial charge in [-0.3, -0.25) is 4.79 Å². The van der Waals surface area contributed by atoms with Gasteiger partial charge in [0.25, 0.3) is 0 Å². The number of hydrogen-bond acceptors (Lipinski definition) is 2. The smallest absolute Gasteiger partial charge is 0.228 e. The minimum Gasteiger partial charge on any atom is -0.497 e. The second-order valence-electron chi connectivity index (χ2n) is 5.11. The van der Waals surface area contributed by atoms with Crippen molar-refractivity contribution in [3.8, 4) is 5.75 Å². The van der Waals surface area contributed by atoms with Gasteiger partial charge in [-0.2, -0.15) is 0 Å². The Hall–Kier alpha value is -1.77. The number of benzene rings is 1. The predicted octanol–water partition coefficient (Wildman–Crippen LogP) is 2.85. The van der Waals surface area contributed by atoms with E-state index >= 15 is 0 Å². The number of fused-ring (bicyclic) bond motifs is 2. The van der Waals surface area contributed by atoms with Crippen molar-refractivity contribution in [3.05, 3.63) is 36.4 Å². The first-order valence-corrected chi connectivity index (χ1v) is 6.39. The van der Waals surface area contributed by atoms with Crippen molar-refractivity contribution in [2.24, 2.45) is 17.8 Å². The van der Waals surface area contributed by atoms with Crippen LogP contribution in [0.25, 0.3) is 0 Å². The second-order valence-corrected chi connectivity index (χ2v) is 5.11. The van der Waals surface area contributed by atoms with E-state index in [0.29, 0.717) is 11.8 Å². The highest BCUT2D eigenvalue weighted by molar-refractivity contribution is 5.93. The van der Waals surface area contributed by atoms with E-state index < -0.39 is 0 Å². The van der Waals surface area contributed by atoms with Crippen LogP contribution in [0.3, 0.4) is 0 Å². The third kappa shape index (κ3) is 2.01. The molecule has 0 spiro atoms. The molecule has 1 saturated carbocycles. The molecule has 0 heterocycles. The van der Waals surface area contributed by atoms with Crippen molar-refractivity contribution >= 4 is 11.6 Å². The summed E-state index contributed by atoms with van der Waals surface area (Å²) in [4.78, 5) is 12.2. The topological polar surface area (TPSA) is 38.3 Å². The first-order valence-electron chi connectivity index (χ1n) is 6.39. The molecule has 3 rings (SSSR count). The van der Waals surface area contributed by atoms with Gasteiger partial charge in [0.15, 0.2) is 0 Å².